The predicted octanol–water partition coefficient (Wildman–Crippen LogP) is 5.01. The normalized spacial score (nSPS) is 22.9. The number of hydroxylamine groups is 1. The summed E-state index contributed by atoms with van der Waals surface area (Å²) >= 11 is 6.26. The van der Waals surface area contributed by atoms with Crippen molar-refractivity contribution in [1.29, 1.82) is 0 Å². The average Bonchev–Trinajstić information content (AvgIpc) is 3.28. The maximum atomic E-state index is 13.6. The van der Waals surface area contributed by atoms with Crippen LogP contribution in [-0.4, -0.2) is 17.9 Å². The third kappa shape index (κ3) is 3.12. The molecule has 0 aromatic heterocycles. The predicted molar refractivity (Wildman–Crippen MR) is 120 cm³/mol. The van der Waals surface area contributed by atoms with Crippen LogP contribution < -0.4 is 9.96 Å². The molecular weight excluding hydrogens is 412 g/mol. The van der Waals surface area contributed by atoms with Crippen LogP contribution in [0.2, 0.25) is 5.02 Å². The van der Waals surface area contributed by atoms with Crippen molar-refractivity contribution in [3.8, 4) is 0 Å². The minimum Gasteiger partial charge on any atom is -0.273 e. The number of halogens is 1. The standard InChI is InChI=1S/C25H21ClN2O3/c1-15-11-13-17(14-12-15)22-21-23(31-28(22)18-7-4-3-5-8-18)25(30)27(24(21)29)20-10-6-9-19(26)16(20)2/h3-14,21-23H,1-2H3/t21-,22-,23-/m1/s1. The molecule has 156 valence electrons. The molecule has 0 spiro atoms. The molecule has 2 fully saturated rings. The fraction of sp³-hybridized carbons (Fsp3) is 0.200. The fourth-order valence-corrected chi connectivity index (χ4v) is 4.56. The Kier molecular flexibility index (Phi) is 4.80. The Balaban J connectivity index is 1.60. The maximum absolute atomic E-state index is 13.6. The van der Waals surface area contributed by atoms with Crippen LogP contribution >= 0.6 is 11.6 Å². The number of rotatable bonds is 3. The molecule has 6 heteroatoms. The topological polar surface area (TPSA) is 49.9 Å². The van der Waals surface area contributed by atoms with Crippen molar-refractivity contribution >= 4 is 34.8 Å². The van der Waals surface area contributed by atoms with Crippen LogP contribution in [-0.2, 0) is 14.4 Å². The van der Waals surface area contributed by atoms with Crippen LogP contribution in [0.25, 0.3) is 0 Å². The summed E-state index contributed by atoms with van der Waals surface area (Å²) in [4.78, 5) is 34.4. The number of fused-ring (bicyclic) bond motifs is 1. The lowest BCUT2D eigenvalue weighted by molar-refractivity contribution is -0.126. The minimum absolute atomic E-state index is 0.274. The van der Waals surface area contributed by atoms with Crippen LogP contribution in [0.5, 0.6) is 0 Å². The lowest BCUT2D eigenvalue weighted by Crippen LogP contribution is -2.37. The van der Waals surface area contributed by atoms with E-state index in [0.717, 1.165) is 16.8 Å². The van der Waals surface area contributed by atoms with Gasteiger partial charge in [0, 0.05) is 5.02 Å². The van der Waals surface area contributed by atoms with Crippen molar-refractivity contribution in [2.24, 2.45) is 5.92 Å². The van der Waals surface area contributed by atoms with Gasteiger partial charge in [-0.1, -0.05) is 65.7 Å². The molecule has 31 heavy (non-hydrogen) atoms. The lowest BCUT2D eigenvalue weighted by atomic mass is 9.90. The van der Waals surface area contributed by atoms with Gasteiger partial charge in [-0.2, -0.15) is 0 Å². The van der Waals surface area contributed by atoms with Gasteiger partial charge in [0.1, 0.15) is 5.92 Å². The summed E-state index contributed by atoms with van der Waals surface area (Å²) in [6.07, 6.45) is -0.891. The largest absolute Gasteiger partial charge is 0.273 e. The first kappa shape index (κ1) is 19.8. The van der Waals surface area contributed by atoms with E-state index in [4.69, 9.17) is 16.4 Å². The Bertz CT molecular complexity index is 1160. The number of imide groups is 1. The molecule has 5 rings (SSSR count). The first-order valence-corrected chi connectivity index (χ1v) is 10.6. The van der Waals surface area contributed by atoms with Gasteiger partial charge in [0.15, 0.2) is 6.10 Å². The van der Waals surface area contributed by atoms with Crippen molar-refractivity contribution in [3.05, 3.63) is 94.5 Å². The molecular formula is C25H21ClN2O3. The highest BCUT2D eigenvalue weighted by Gasteiger charge is 2.60. The monoisotopic (exact) mass is 432 g/mol. The number of aryl methyl sites for hydroxylation is 1. The van der Waals surface area contributed by atoms with Crippen LogP contribution in [0, 0.1) is 19.8 Å². The summed E-state index contributed by atoms with van der Waals surface area (Å²) in [6.45, 7) is 3.82. The van der Waals surface area contributed by atoms with E-state index in [1.54, 1.807) is 30.2 Å². The summed E-state index contributed by atoms with van der Waals surface area (Å²) in [5.74, 6) is -1.30. The second-order valence-corrected chi connectivity index (χ2v) is 8.37. The quantitative estimate of drug-likeness (QED) is 0.546. The number of nitrogens with zero attached hydrogens (tertiary/aromatic N) is 2. The molecule has 2 aliphatic rings. The number of benzene rings is 3. The smallest absolute Gasteiger partial charge is 0.266 e. The van der Waals surface area contributed by atoms with Gasteiger partial charge in [0.05, 0.1) is 17.4 Å². The molecule has 0 radical (unpaired) electrons. The number of para-hydroxylation sites is 1. The molecule has 2 saturated heterocycles. The van der Waals surface area contributed by atoms with Crippen molar-refractivity contribution in [2.45, 2.75) is 26.0 Å². The van der Waals surface area contributed by atoms with Gasteiger partial charge in [-0.25, -0.2) is 9.96 Å². The summed E-state index contributed by atoms with van der Waals surface area (Å²) < 4.78 is 0. The van der Waals surface area contributed by atoms with Gasteiger partial charge < -0.3 is 0 Å². The van der Waals surface area contributed by atoms with Crippen molar-refractivity contribution < 1.29 is 14.4 Å². The second-order valence-electron chi connectivity index (χ2n) is 7.96. The van der Waals surface area contributed by atoms with E-state index >= 15 is 0 Å². The number of carbonyl (C=O) groups is 2. The van der Waals surface area contributed by atoms with Gasteiger partial charge in [0.25, 0.3) is 5.91 Å². The summed E-state index contributed by atoms with van der Waals surface area (Å²) in [7, 11) is 0. The fourth-order valence-electron chi connectivity index (χ4n) is 4.39. The molecule has 0 unspecified atom stereocenters. The van der Waals surface area contributed by atoms with E-state index in [-0.39, 0.29) is 11.8 Å². The van der Waals surface area contributed by atoms with E-state index in [2.05, 4.69) is 0 Å². The molecule has 0 bridgehead atoms. The molecule has 5 nitrogen and oxygen atoms in total. The zero-order valence-electron chi connectivity index (χ0n) is 17.2. The van der Waals surface area contributed by atoms with Crippen LogP contribution in [0.1, 0.15) is 22.7 Å². The van der Waals surface area contributed by atoms with Crippen molar-refractivity contribution in [2.75, 3.05) is 9.96 Å². The molecule has 3 atom stereocenters. The van der Waals surface area contributed by atoms with Gasteiger partial charge in [-0.3, -0.25) is 14.4 Å². The lowest BCUT2D eigenvalue weighted by Gasteiger charge is -2.29. The number of anilines is 2. The number of amides is 2. The van der Waals surface area contributed by atoms with Crippen LogP contribution in [0.3, 0.4) is 0 Å². The molecule has 0 saturated carbocycles. The van der Waals surface area contributed by atoms with Gasteiger partial charge in [-0.15, -0.1) is 0 Å². The average molecular weight is 433 g/mol. The Morgan fingerprint density at radius 3 is 2.26 bits per heavy atom. The second kappa shape index (κ2) is 7.52. The SMILES string of the molecule is Cc1ccc([C@@H]2[C@H]3C(=O)N(c4cccc(Cl)c4C)C(=O)[C@@H]3ON2c2ccccc2)cc1. The van der Waals surface area contributed by atoms with Gasteiger partial charge in [0.2, 0.25) is 5.91 Å². The van der Waals surface area contributed by atoms with Crippen LogP contribution in [0.15, 0.2) is 72.8 Å². The third-order valence-electron chi connectivity index (χ3n) is 6.02. The zero-order chi connectivity index (χ0) is 21.7. The molecule has 2 aliphatic heterocycles. The Hall–Kier alpha value is -3.15. The number of carbonyl (C=O) groups excluding carboxylic acids is 2. The molecule has 2 amide bonds. The molecule has 0 aliphatic carbocycles. The van der Waals surface area contributed by atoms with E-state index in [0.29, 0.717) is 16.3 Å². The zero-order valence-corrected chi connectivity index (χ0v) is 17.9. The van der Waals surface area contributed by atoms with Gasteiger partial charge in [-0.05, 0) is 49.2 Å². The minimum atomic E-state index is -0.891. The van der Waals surface area contributed by atoms with Crippen molar-refractivity contribution in [3.63, 3.8) is 0 Å². The van der Waals surface area contributed by atoms with E-state index in [1.165, 1.54) is 4.90 Å². The number of hydrogen-bond acceptors (Lipinski definition) is 4. The molecule has 3 aromatic rings. The summed E-state index contributed by atoms with van der Waals surface area (Å²) in [5, 5.41) is 2.22. The first-order valence-electron chi connectivity index (χ1n) is 10.2. The first-order chi connectivity index (χ1) is 15.0. The molecule has 0 N–H and O–H groups in total. The van der Waals surface area contributed by atoms with E-state index in [1.807, 2.05) is 61.5 Å². The highest BCUT2D eigenvalue weighted by atomic mass is 35.5. The highest BCUT2D eigenvalue weighted by Crippen LogP contribution is 2.48. The third-order valence-corrected chi connectivity index (χ3v) is 6.43. The van der Waals surface area contributed by atoms with Crippen molar-refractivity contribution in [1.82, 2.24) is 0 Å². The Morgan fingerprint density at radius 2 is 1.55 bits per heavy atom. The van der Waals surface area contributed by atoms with Gasteiger partial charge >= 0.3 is 0 Å². The Morgan fingerprint density at radius 1 is 0.839 bits per heavy atom. The highest BCUT2D eigenvalue weighted by molar-refractivity contribution is 6.32. The Labute approximate surface area is 185 Å². The molecule has 3 aromatic carbocycles. The summed E-state index contributed by atoms with van der Waals surface area (Å²) in [6, 6.07) is 22.4. The van der Waals surface area contributed by atoms with E-state index < -0.39 is 18.1 Å². The summed E-state index contributed by atoms with van der Waals surface area (Å²) in [5.41, 5.74) is 4.05. The number of hydrogen-bond donors (Lipinski definition) is 0. The maximum Gasteiger partial charge on any atom is 0.266 e. The van der Waals surface area contributed by atoms with E-state index in [9.17, 15) is 9.59 Å². The van der Waals surface area contributed by atoms with Crippen LogP contribution in [0.4, 0.5) is 11.4 Å². The molecule has 2 heterocycles.